The van der Waals surface area contributed by atoms with Crippen molar-refractivity contribution in [1.82, 2.24) is 15.1 Å². The molecule has 5 rings (SSSR count). The molecule has 1 aliphatic heterocycles. The van der Waals surface area contributed by atoms with Crippen molar-refractivity contribution in [1.29, 1.82) is 0 Å². The van der Waals surface area contributed by atoms with Crippen LogP contribution < -0.4 is 10.2 Å². The van der Waals surface area contributed by atoms with E-state index in [1.54, 1.807) is 11.6 Å². The second-order valence-electron chi connectivity index (χ2n) is 8.96. The third kappa shape index (κ3) is 4.06. The number of nitrogens with one attached hydrogen (secondary N) is 1. The molecule has 3 aromatic rings. The van der Waals surface area contributed by atoms with Gasteiger partial charge < -0.3 is 5.32 Å². The molecule has 0 spiro atoms. The van der Waals surface area contributed by atoms with Gasteiger partial charge in [0.1, 0.15) is 17.6 Å². The molecule has 0 saturated heterocycles. The summed E-state index contributed by atoms with van der Waals surface area (Å²) in [5, 5.41) is 7.19. The number of hydrogen-bond donors (Lipinski definition) is 1. The highest BCUT2D eigenvalue weighted by Crippen LogP contribution is 2.51. The quantitative estimate of drug-likeness (QED) is 0.514. The van der Waals surface area contributed by atoms with Crippen LogP contribution in [0.2, 0.25) is 0 Å². The van der Waals surface area contributed by atoms with Crippen molar-refractivity contribution in [3.8, 4) is 5.69 Å². The van der Waals surface area contributed by atoms with Crippen molar-refractivity contribution in [2.45, 2.75) is 37.9 Å². The number of anilines is 1. The summed E-state index contributed by atoms with van der Waals surface area (Å²) in [6, 6.07) is 12.1. The van der Waals surface area contributed by atoms with Crippen LogP contribution in [0.4, 0.5) is 19.0 Å². The van der Waals surface area contributed by atoms with E-state index in [1.165, 1.54) is 11.0 Å². The number of alkyl halides is 3. The number of nitrogens with zero attached hydrogens (tertiary/aromatic N) is 3. The van der Waals surface area contributed by atoms with Crippen LogP contribution >= 0.6 is 0 Å². The van der Waals surface area contributed by atoms with Gasteiger partial charge in [0.15, 0.2) is 6.29 Å². The van der Waals surface area contributed by atoms with Crippen molar-refractivity contribution in [3.63, 3.8) is 0 Å². The zero-order valence-electron chi connectivity index (χ0n) is 19.3. The number of halogens is 3. The maximum atomic E-state index is 13.7. The molecule has 36 heavy (non-hydrogen) atoms. The molecular formula is C26H23F3N4O3. The fourth-order valence-corrected chi connectivity index (χ4v) is 4.93. The predicted octanol–water partition coefficient (Wildman–Crippen LogP) is 4.36. The molecule has 1 N–H and O–H groups in total. The molecule has 2 atom stereocenters. The molecule has 186 valence electrons. The number of carbonyl (C=O) groups is 3. The Kier molecular flexibility index (Phi) is 5.89. The van der Waals surface area contributed by atoms with E-state index in [1.807, 2.05) is 30.3 Å². The topological polar surface area (TPSA) is 84.3 Å². The molecule has 2 amide bonds. The van der Waals surface area contributed by atoms with Crippen LogP contribution in [0.15, 0.2) is 54.6 Å². The first-order valence-electron chi connectivity index (χ1n) is 11.7. The number of carbonyl (C=O) groups excluding carboxylic acids is 3. The summed E-state index contributed by atoms with van der Waals surface area (Å²) in [5.74, 6) is -1.19. The fraction of sp³-hybridized carbons (Fsp3) is 0.308. The average molecular weight is 496 g/mol. The Bertz CT molecular complexity index is 1330. The van der Waals surface area contributed by atoms with Gasteiger partial charge in [-0.05, 0) is 56.0 Å². The van der Waals surface area contributed by atoms with Crippen LogP contribution in [0, 0.1) is 5.92 Å². The minimum absolute atomic E-state index is 0.0330. The van der Waals surface area contributed by atoms with E-state index in [0.717, 1.165) is 31.0 Å². The van der Waals surface area contributed by atoms with E-state index < -0.39 is 35.5 Å². The predicted molar refractivity (Wildman–Crippen MR) is 125 cm³/mol. The van der Waals surface area contributed by atoms with Gasteiger partial charge in [-0.25, -0.2) is 4.68 Å². The Balaban J connectivity index is 1.58. The SMILES string of the molecule is CCN1C(=O)C(NC(=O)c2cccc(C(F)(F)F)c2)C(C2CC2)c2c(C=O)nn(-c3ccccc3)c21. The molecule has 0 bridgehead atoms. The lowest BCUT2D eigenvalue weighted by Gasteiger charge is -2.38. The number of fused-ring (bicyclic) bond motifs is 1. The number of hydrogen-bond acceptors (Lipinski definition) is 4. The Morgan fingerprint density at radius 2 is 1.86 bits per heavy atom. The smallest absolute Gasteiger partial charge is 0.340 e. The minimum atomic E-state index is -4.60. The van der Waals surface area contributed by atoms with E-state index in [4.69, 9.17) is 0 Å². The van der Waals surface area contributed by atoms with Crippen molar-refractivity contribution < 1.29 is 27.6 Å². The van der Waals surface area contributed by atoms with Crippen LogP contribution in [-0.4, -0.2) is 40.5 Å². The fourth-order valence-electron chi connectivity index (χ4n) is 4.93. The Labute approximate surface area is 204 Å². The molecule has 2 heterocycles. The summed E-state index contributed by atoms with van der Waals surface area (Å²) in [6.45, 7) is 2.02. The van der Waals surface area contributed by atoms with Crippen LogP contribution in [0.1, 0.15) is 57.7 Å². The number of benzene rings is 2. The third-order valence-electron chi connectivity index (χ3n) is 6.70. The number of para-hydroxylation sites is 1. The van der Waals surface area contributed by atoms with Gasteiger partial charge in [0.2, 0.25) is 0 Å². The van der Waals surface area contributed by atoms with Gasteiger partial charge in [-0.3, -0.25) is 19.3 Å². The molecule has 1 aromatic heterocycles. The molecule has 2 aromatic carbocycles. The largest absolute Gasteiger partial charge is 0.416 e. The second kappa shape index (κ2) is 8.92. The van der Waals surface area contributed by atoms with Gasteiger partial charge in [0, 0.05) is 23.6 Å². The first-order chi connectivity index (χ1) is 17.2. The van der Waals surface area contributed by atoms with Gasteiger partial charge >= 0.3 is 6.18 Å². The van der Waals surface area contributed by atoms with Gasteiger partial charge in [-0.1, -0.05) is 24.3 Å². The van der Waals surface area contributed by atoms with Crippen LogP contribution in [0.3, 0.4) is 0 Å². The van der Waals surface area contributed by atoms with E-state index in [0.29, 0.717) is 23.4 Å². The maximum absolute atomic E-state index is 13.7. The highest BCUT2D eigenvalue weighted by atomic mass is 19.4. The average Bonchev–Trinajstić information content (AvgIpc) is 3.64. The summed E-state index contributed by atoms with van der Waals surface area (Å²) in [6.07, 6.45) is -2.36. The molecular weight excluding hydrogens is 473 g/mol. The number of rotatable bonds is 6. The van der Waals surface area contributed by atoms with Gasteiger partial charge in [0.05, 0.1) is 11.3 Å². The Hall–Kier alpha value is -3.95. The number of amides is 2. The van der Waals surface area contributed by atoms with E-state index in [9.17, 15) is 27.6 Å². The number of likely N-dealkylation sites (N-methyl/N-ethyl adjacent to an activating group) is 1. The first kappa shape index (κ1) is 23.8. The number of aldehydes is 1. The minimum Gasteiger partial charge on any atom is -0.340 e. The summed E-state index contributed by atoms with van der Waals surface area (Å²) in [4.78, 5) is 40.4. The molecule has 10 heteroatoms. The van der Waals surface area contributed by atoms with Gasteiger partial charge in [-0.2, -0.15) is 18.3 Å². The van der Waals surface area contributed by atoms with Crippen LogP contribution in [0.5, 0.6) is 0 Å². The van der Waals surface area contributed by atoms with Gasteiger partial charge in [-0.15, -0.1) is 0 Å². The summed E-state index contributed by atoms with van der Waals surface area (Å²) < 4.78 is 41.1. The van der Waals surface area contributed by atoms with Crippen molar-refractivity contribution in [3.05, 3.63) is 77.0 Å². The lowest BCUT2D eigenvalue weighted by molar-refractivity contribution is -0.137. The summed E-state index contributed by atoms with van der Waals surface area (Å²) in [5.41, 5.74) is 0.279. The molecule has 0 radical (unpaired) electrons. The van der Waals surface area contributed by atoms with Crippen molar-refractivity contribution >= 4 is 23.9 Å². The van der Waals surface area contributed by atoms with Crippen LogP contribution in [0.25, 0.3) is 5.69 Å². The molecule has 1 fully saturated rings. The molecule has 2 aliphatic rings. The van der Waals surface area contributed by atoms with E-state index >= 15 is 0 Å². The third-order valence-corrected chi connectivity index (χ3v) is 6.70. The second-order valence-corrected chi connectivity index (χ2v) is 8.96. The lowest BCUT2D eigenvalue weighted by atomic mass is 9.82. The zero-order valence-corrected chi connectivity index (χ0v) is 19.3. The summed E-state index contributed by atoms with van der Waals surface area (Å²) >= 11 is 0. The Morgan fingerprint density at radius 1 is 1.14 bits per heavy atom. The standard InChI is InChI=1S/C26H23F3N4O3/c1-2-32-24-21(19(14-34)31-33(24)18-9-4-3-5-10-18)20(15-11-12-15)22(25(32)36)30-23(35)16-7-6-8-17(13-16)26(27,28)29/h3-10,13-15,20,22H,2,11-12H2,1H3,(H,30,35). The molecule has 2 unspecified atom stereocenters. The maximum Gasteiger partial charge on any atom is 0.416 e. The van der Waals surface area contributed by atoms with Crippen LogP contribution in [-0.2, 0) is 11.0 Å². The molecule has 1 aliphatic carbocycles. The highest BCUT2D eigenvalue weighted by molar-refractivity contribution is 6.05. The first-order valence-corrected chi connectivity index (χ1v) is 11.7. The molecule has 7 nitrogen and oxygen atoms in total. The van der Waals surface area contributed by atoms with Crippen molar-refractivity contribution in [2.75, 3.05) is 11.4 Å². The van der Waals surface area contributed by atoms with Crippen molar-refractivity contribution in [2.24, 2.45) is 5.92 Å². The van der Waals surface area contributed by atoms with Gasteiger partial charge in [0.25, 0.3) is 11.8 Å². The normalized spacial score (nSPS) is 19.7. The van der Waals surface area contributed by atoms with E-state index in [-0.39, 0.29) is 23.7 Å². The monoisotopic (exact) mass is 496 g/mol. The number of aromatic nitrogens is 2. The van der Waals surface area contributed by atoms with E-state index in [2.05, 4.69) is 10.4 Å². The highest BCUT2D eigenvalue weighted by Gasteiger charge is 2.51. The zero-order chi connectivity index (χ0) is 25.6. The summed E-state index contributed by atoms with van der Waals surface area (Å²) in [7, 11) is 0. The molecule has 1 saturated carbocycles. The lowest BCUT2D eigenvalue weighted by Crippen LogP contribution is -2.55. The Morgan fingerprint density at radius 3 is 2.47 bits per heavy atom.